The fourth-order valence-corrected chi connectivity index (χ4v) is 2.89. The van der Waals surface area contributed by atoms with Crippen LogP contribution in [0.1, 0.15) is 5.56 Å². The second-order valence-corrected chi connectivity index (χ2v) is 6.11. The second-order valence-electron chi connectivity index (χ2n) is 5.29. The number of nitrogens with zero attached hydrogens (tertiary/aromatic N) is 1. The molecule has 0 radical (unpaired) electrons. The first-order valence-corrected chi connectivity index (χ1v) is 8.01. The molecule has 2 N–H and O–H groups in total. The minimum absolute atomic E-state index is 0.123. The average molecular weight is 377 g/mol. The highest BCUT2D eigenvalue weighted by atomic mass is 35.5. The Morgan fingerprint density at radius 1 is 1.24 bits per heavy atom. The van der Waals surface area contributed by atoms with E-state index < -0.39 is 0 Å². The van der Waals surface area contributed by atoms with Crippen molar-refractivity contribution in [3.63, 3.8) is 0 Å². The first kappa shape index (κ1) is 17.2. The van der Waals surface area contributed by atoms with Crippen molar-refractivity contribution in [2.75, 3.05) is 7.11 Å². The number of rotatable bonds is 3. The van der Waals surface area contributed by atoms with Gasteiger partial charge in [-0.15, -0.1) is 0 Å². The first-order valence-electron chi connectivity index (χ1n) is 7.25. The predicted molar refractivity (Wildman–Crippen MR) is 99.4 cm³/mol. The lowest BCUT2D eigenvalue weighted by Gasteiger charge is -2.05. The topological polar surface area (TPSA) is 67.2 Å². The number of H-pyrrole nitrogens is 1. The smallest absolute Gasteiger partial charge is 0.279 e. The quantitative estimate of drug-likeness (QED) is 0.737. The maximum absolute atomic E-state index is 12.7. The van der Waals surface area contributed by atoms with Crippen LogP contribution in [0.3, 0.4) is 0 Å². The van der Waals surface area contributed by atoms with E-state index in [0.29, 0.717) is 26.8 Å². The fourth-order valence-electron chi connectivity index (χ4n) is 2.45. The van der Waals surface area contributed by atoms with Gasteiger partial charge in [0.2, 0.25) is 0 Å². The van der Waals surface area contributed by atoms with Crippen LogP contribution in [0.2, 0.25) is 10.0 Å². The van der Waals surface area contributed by atoms with Gasteiger partial charge in [-0.25, -0.2) is 4.68 Å². The molecule has 0 aliphatic heterocycles. The Morgan fingerprint density at radius 2 is 1.96 bits per heavy atom. The lowest BCUT2D eigenvalue weighted by Crippen LogP contribution is -2.34. The molecule has 3 rings (SSSR count). The third-order valence-electron chi connectivity index (χ3n) is 3.68. The molecule has 0 amide bonds. The number of aromatic hydroxyl groups is 1. The van der Waals surface area contributed by atoms with Crippen LogP contribution in [0, 0.1) is 0 Å². The Bertz CT molecular complexity index is 1120. The maximum Gasteiger partial charge on any atom is 0.279 e. The summed E-state index contributed by atoms with van der Waals surface area (Å²) in [5, 5.41) is 14.1. The lowest BCUT2D eigenvalue weighted by atomic mass is 10.1. The van der Waals surface area contributed by atoms with Gasteiger partial charge >= 0.3 is 0 Å². The van der Waals surface area contributed by atoms with E-state index in [9.17, 15) is 9.90 Å². The third-order valence-corrected chi connectivity index (χ3v) is 4.29. The molecule has 0 spiro atoms. The molecular formula is C18H14Cl2N2O3. The number of hydrogen-bond acceptors (Lipinski definition) is 3. The molecule has 0 aliphatic rings. The Hall–Kier alpha value is -2.63. The van der Waals surface area contributed by atoms with Gasteiger partial charge in [0.25, 0.3) is 5.56 Å². The Morgan fingerprint density at radius 3 is 2.64 bits per heavy atom. The van der Waals surface area contributed by atoms with E-state index in [1.165, 1.54) is 17.9 Å². The van der Waals surface area contributed by atoms with Gasteiger partial charge in [-0.05, 0) is 35.9 Å². The molecule has 0 fully saturated rings. The van der Waals surface area contributed by atoms with Gasteiger partial charge < -0.3 is 9.84 Å². The molecule has 0 bridgehead atoms. The Kier molecular flexibility index (Phi) is 4.61. The first-order chi connectivity index (χ1) is 11.9. The van der Waals surface area contributed by atoms with Gasteiger partial charge in [-0.1, -0.05) is 41.9 Å². The van der Waals surface area contributed by atoms with Crippen LogP contribution in [0.15, 0.2) is 41.2 Å². The van der Waals surface area contributed by atoms with Crippen LogP contribution < -0.4 is 20.9 Å². The summed E-state index contributed by atoms with van der Waals surface area (Å²) in [6.07, 6.45) is 1.61. The number of hydrogen-bond donors (Lipinski definition) is 2. The lowest BCUT2D eigenvalue weighted by molar-refractivity contribution is 0.373. The molecule has 2 aromatic carbocycles. The second kappa shape index (κ2) is 6.70. The highest BCUT2D eigenvalue weighted by Gasteiger charge is 2.10. The molecule has 0 saturated carbocycles. The highest BCUT2D eigenvalue weighted by molar-refractivity contribution is 6.32. The van der Waals surface area contributed by atoms with E-state index in [2.05, 4.69) is 11.7 Å². The van der Waals surface area contributed by atoms with E-state index in [1.54, 1.807) is 36.4 Å². The summed E-state index contributed by atoms with van der Waals surface area (Å²) in [7, 11) is 1.42. The number of phenolic OH excluding ortho intramolecular Hbond substituents is 1. The van der Waals surface area contributed by atoms with Gasteiger partial charge in [0.05, 0.1) is 33.4 Å². The monoisotopic (exact) mass is 376 g/mol. The SMILES string of the molecule is C=c1[nH]n(-c2ccccc2Cl)c(=O)c1=Cc1cc(Cl)c(O)c(OC)c1. The normalized spacial score (nSPS) is 11.7. The molecule has 25 heavy (non-hydrogen) atoms. The Balaban J connectivity index is 2.22. The van der Waals surface area contributed by atoms with Crippen molar-refractivity contribution in [2.24, 2.45) is 0 Å². The minimum Gasteiger partial charge on any atom is -0.503 e. The third kappa shape index (κ3) is 3.16. The molecule has 0 atom stereocenters. The van der Waals surface area contributed by atoms with Crippen molar-refractivity contribution in [2.45, 2.75) is 0 Å². The van der Waals surface area contributed by atoms with Crippen molar-refractivity contribution in [3.8, 4) is 17.2 Å². The summed E-state index contributed by atoms with van der Waals surface area (Å²) in [6, 6.07) is 10.1. The number of methoxy groups -OCH3 is 1. The number of aromatic amines is 1. The van der Waals surface area contributed by atoms with Crippen molar-refractivity contribution >= 4 is 35.9 Å². The number of para-hydroxylation sites is 1. The number of halogens is 2. The highest BCUT2D eigenvalue weighted by Crippen LogP contribution is 2.34. The number of phenols is 1. The van der Waals surface area contributed by atoms with Crippen LogP contribution in [-0.2, 0) is 0 Å². The van der Waals surface area contributed by atoms with Gasteiger partial charge in [0.1, 0.15) is 0 Å². The standard InChI is InChI=1S/C18H14Cl2N2O3/c1-10-12(7-11-8-14(20)17(23)16(9-11)25-2)18(24)22(21-10)15-6-4-3-5-13(15)19/h3-9,21,23H,1H2,2H3. The zero-order chi connectivity index (χ0) is 18.1. The minimum atomic E-state index is -0.304. The Labute approximate surface area is 153 Å². The molecule has 0 saturated heterocycles. The molecule has 0 aliphatic carbocycles. The molecule has 1 aromatic heterocycles. The summed E-state index contributed by atoms with van der Waals surface area (Å²) in [6.45, 7) is 3.87. The maximum atomic E-state index is 12.7. The van der Waals surface area contributed by atoms with Gasteiger partial charge in [-0.3, -0.25) is 9.89 Å². The zero-order valence-corrected chi connectivity index (χ0v) is 14.7. The van der Waals surface area contributed by atoms with Crippen molar-refractivity contribution in [1.82, 2.24) is 9.78 Å². The van der Waals surface area contributed by atoms with E-state index in [-0.39, 0.29) is 22.1 Å². The van der Waals surface area contributed by atoms with Crippen LogP contribution in [0.4, 0.5) is 0 Å². The summed E-state index contributed by atoms with van der Waals surface area (Å²) in [5.74, 6) is 0.0602. The van der Waals surface area contributed by atoms with Crippen LogP contribution in [0.25, 0.3) is 18.3 Å². The largest absolute Gasteiger partial charge is 0.503 e. The molecule has 128 valence electrons. The zero-order valence-electron chi connectivity index (χ0n) is 13.2. The molecular weight excluding hydrogens is 363 g/mol. The molecule has 0 unspecified atom stereocenters. The van der Waals surface area contributed by atoms with E-state index in [4.69, 9.17) is 27.9 Å². The summed E-state index contributed by atoms with van der Waals surface area (Å²) in [5.41, 5.74) is 0.813. The molecule has 1 heterocycles. The fraction of sp³-hybridized carbons (Fsp3) is 0.0556. The molecule has 3 aromatic rings. The van der Waals surface area contributed by atoms with Gasteiger partial charge in [0, 0.05) is 0 Å². The van der Waals surface area contributed by atoms with E-state index in [1.807, 2.05) is 0 Å². The predicted octanol–water partition coefficient (Wildman–Crippen LogP) is 2.43. The summed E-state index contributed by atoms with van der Waals surface area (Å²) >= 11 is 12.1. The van der Waals surface area contributed by atoms with Crippen molar-refractivity contribution in [1.29, 1.82) is 0 Å². The summed E-state index contributed by atoms with van der Waals surface area (Å²) < 4.78 is 6.41. The number of nitrogens with one attached hydrogen (secondary N) is 1. The van der Waals surface area contributed by atoms with Crippen LogP contribution in [-0.4, -0.2) is 22.0 Å². The summed E-state index contributed by atoms with van der Waals surface area (Å²) in [4.78, 5) is 12.7. The van der Waals surface area contributed by atoms with Crippen LogP contribution in [0.5, 0.6) is 11.5 Å². The number of ether oxygens (including phenoxy) is 1. The van der Waals surface area contributed by atoms with E-state index >= 15 is 0 Å². The van der Waals surface area contributed by atoms with Crippen molar-refractivity contribution < 1.29 is 9.84 Å². The van der Waals surface area contributed by atoms with Gasteiger partial charge in [-0.2, -0.15) is 0 Å². The number of aromatic nitrogens is 2. The molecule has 7 heteroatoms. The van der Waals surface area contributed by atoms with Crippen molar-refractivity contribution in [3.05, 3.63) is 72.9 Å². The number of benzene rings is 2. The van der Waals surface area contributed by atoms with Gasteiger partial charge in [0.15, 0.2) is 11.5 Å². The van der Waals surface area contributed by atoms with Crippen LogP contribution >= 0.6 is 23.2 Å². The van der Waals surface area contributed by atoms with E-state index in [0.717, 1.165) is 0 Å². The average Bonchev–Trinajstić information content (AvgIpc) is 2.86. The molecule has 5 nitrogen and oxygen atoms in total.